The number of benzene rings is 1. The summed E-state index contributed by atoms with van der Waals surface area (Å²) in [6.45, 7) is 2.68. The zero-order chi connectivity index (χ0) is 12.1. The summed E-state index contributed by atoms with van der Waals surface area (Å²) in [7, 11) is 0. The predicted octanol–water partition coefficient (Wildman–Crippen LogP) is 3.58. The van der Waals surface area contributed by atoms with Crippen molar-refractivity contribution < 1.29 is 4.39 Å². The zero-order valence-electron chi connectivity index (χ0n) is 10.6. The topological polar surface area (TPSA) is 12.0 Å². The lowest BCUT2D eigenvalue weighted by molar-refractivity contribution is 0.446. The van der Waals surface area contributed by atoms with E-state index in [9.17, 15) is 4.39 Å². The van der Waals surface area contributed by atoms with Crippen LogP contribution in [0.15, 0.2) is 18.2 Å². The van der Waals surface area contributed by atoms with E-state index >= 15 is 0 Å². The highest BCUT2D eigenvalue weighted by molar-refractivity contribution is 5.35. The number of nitrogens with one attached hydrogen (secondary N) is 1. The lowest BCUT2D eigenvalue weighted by atomic mass is 9.89. The van der Waals surface area contributed by atoms with E-state index in [1.54, 1.807) is 0 Å². The van der Waals surface area contributed by atoms with Gasteiger partial charge in [-0.1, -0.05) is 18.2 Å². The van der Waals surface area contributed by atoms with Crippen molar-refractivity contribution in [3.05, 3.63) is 34.9 Å². The Bertz CT molecular complexity index is 362. The van der Waals surface area contributed by atoms with Crippen molar-refractivity contribution in [2.45, 2.75) is 45.1 Å². The summed E-state index contributed by atoms with van der Waals surface area (Å²) in [6.07, 6.45) is 5.71. The molecule has 0 saturated carbocycles. The number of fused-ring (bicyclic) bond motifs is 1. The Hall–Kier alpha value is -0.890. The number of halogens is 1. The molecule has 17 heavy (non-hydrogen) atoms. The molecule has 1 nitrogen and oxygen atoms in total. The van der Waals surface area contributed by atoms with Gasteiger partial charge in [0.1, 0.15) is 0 Å². The molecule has 0 fully saturated rings. The molecule has 2 heteroatoms. The van der Waals surface area contributed by atoms with Crippen LogP contribution in [0.1, 0.15) is 48.9 Å². The summed E-state index contributed by atoms with van der Waals surface area (Å²) in [5, 5.41) is 3.37. The monoisotopic (exact) mass is 235 g/mol. The highest BCUT2D eigenvalue weighted by Crippen LogP contribution is 2.24. The van der Waals surface area contributed by atoms with Crippen LogP contribution in [0, 0.1) is 0 Å². The molecule has 1 aliphatic rings. The highest BCUT2D eigenvalue weighted by atomic mass is 19.1. The van der Waals surface area contributed by atoms with Crippen LogP contribution in [0.25, 0.3) is 0 Å². The first-order valence-corrected chi connectivity index (χ1v) is 6.72. The Balaban J connectivity index is 2.00. The maximum Gasteiger partial charge on any atom is 0.0906 e. The number of hydrogen-bond acceptors (Lipinski definition) is 1. The van der Waals surface area contributed by atoms with Gasteiger partial charge in [0.15, 0.2) is 0 Å². The number of alkyl halides is 1. The molecule has 94 valence electrons. The molecule has 0 aromatic heterocycles. The third kappa shape index (κ3) is 3.29. The van der Waals surface area contributed by atoms with E-state index in [2.05, 4.69) is 30.4 Å². The van der Waals surface area contributed by atoms with Crippen LogP contribution >= 0.6 is 0 Å². The summed E-state index contributed by atoms with van der Waals surface area (Å²) in [4.78, 5) is 0. The van der Waals surface area contributed by atoms with E-state index in [4.69, 9.17) is 0 Å². The summed E-state index contributed by atoms with van der Waals surface area (Å²) in [5.74, 6) is 0. The Morgan fingerprint density at radius 1 is 1.24 bits per heavy atom. The molecular formula is C15H22FN. The van der Waals surface area contributed by atoms with Crippen molar-refractivity contribution >= 4 is 0 Å². The molecule has 1 unspecified atom stereocenters. The number of aryl methyl sites for hydroxylation is 2. The third-order valence-electron chi connectivity index (χ3n) is 3.63. The lowest BCUT2D eigenvalue weighted by Crippen LogP contribution is -2.20. The average molecular weight is 235 g/mol. The van der Waals surface area contributed by atoms with Crippen LogP contribution < -0.4 is 5.32 Å². The van der Waals surface area contributed by atoms with Crippen molar-refractivity contribution in [2.24, 2.45) is 0 Å². The molecular weight excluding hydrogens is 213 g/mol. The highest BCUT2D eigenvalue weighted by Gasteiger charge is 2.11. The van der Waals surface area contributed by atoms with Crippen LogP contribution in [0.2, 0.25) is 0 Å². The Labute approximate surface area is 103 Å². The standard InChI is InChI=1S/C15H22FN/c1-12(17-10-4-9-16)14-8-7-13-5-2-3-6-15(13)11-14/h7-8,11-12,17H,2-6,9-10H2,1H3. The van der Waals surface area contributed by atoms with Crippen molar-refractivity contribution in [3.63, 3.8) is 0 Å². The molecule has 0 aliphatic heterocycles. The smallest absolute Gasteiger partial charge is 0.0906 e. The van der Waals surface area contributed by atoms with Gasteiger partial charge in [-0.15, -0.1) is 0 Å². The van der Waals surface area contributed by atoms with Crippen LogP contribution in [-0.2, 0) is 12.8 Å². The molecule has 2 rings (SSSR count). The van der Waals surface area contributed by atoms with E-state index < -0.39 is 0 Å². The molecule has 0 heterocycles. The summed E-state index contributed by atoms with van der Waals surface area (Å²) in [6, 6.07) is 7.16. The molecule has 1 atom stereocenters. The number of rotatable bonds is 5. The van der Waals surface area contributed by atoms with Gasteiger partial charge in [-0.05, 0) is 62.3 Å². The quantitative estimate of drug-likeness (QED) is 0.769. The number of hydrogen-bond donors (Lipinski definition) is 1. The maximum absolute atomic E-state index is 12.0. The normalized spacial score (nSPS) is 16.6. The van der Waals surface area contributed by atoms with Gasteiger partial charge in [0.2, 0.25) is 0 Å². The van der Waals surface area contributed by atoms with E-state index in [1.807, 2.05) is 0 Å². The molecule has 1 N–H and O–H groups in total. The van der Waals surface area contributed by atoms with Crippen molar-refractivity contribution in [1.29, 1.82) is 0 Å². The van der Waals surface area contributed by atoms with Crippen molar-refractivity contribution in [1.82, 2.24) is 5.32 Å². The first-order chi connectivity index (χ1) is 8.31. The van der Waals surface area contributed by atoms with E-state index in [1.165, 1.54) is 42.4 Å². The minimum atomic E-state index is -0.232. The predicted molar refractivity (Wildman–Crippen MR) is 70.1 cm³/mol. The van der Waals surface area contributed by atoms with Crippen molar-refractivity contribution in [2.75, 3.05) is 13.2 Å². The molecule has 0 saturated heterocycles. The molecule has 1 aromatic carbocycles. The van der Waals surface area contributed by atoms with Gasteiger partial charge >= 0.3 is 0 Å². The second kappa shape index (κ2) is 6.15. The largest absolute Gasteiger partial charge is 0.310 e. The Morgan fingerprint density at radius 2 is 2.00 bits per heavy atom. The fraction of sp³-hybridized carbons (Fsp3) is 0.600. The summed E-state index contributed by atoms with van der Waals surface area (Å²) < 4.78 is 12.0. The van der Waals surface area contributed by atoms with E-state index in [0.717, 1.165) is 6.54 Å². The fourth-order valence-corrected chi connectivity index (χ4v) is 2.53. The Kier molecular flexibility index (Phi) is 4.55. The first-order valence-electron chi connectivity index (χ1n) is 6.72. The van der Waals surface area contributed by atoms with E-state index in [0.29, 0.717) is 12.5 Å². The van der Waals surface area contributed by atoms with Crippen LogP contribution in [0.5, 0.6) is 0 Å². The molecule has 1 aliphatic carbocycles. The average Bonchev–Trinajstić information content (AvgIpc) is 2.38. The first kappa shape index (κ1) is 12.6. The van der Waals surface area contributed by atoms with Gasteiger partial charge in [0, 0.05) is 6.04 Å². The minimum absolute atomic E-state index is 0.232. The fourth-order valence-electron chi connectivity index (χ4n) is 2.53. The van der Waals surface area contributed by atoms with Crippen LogP contribution in [0.3, 0.4) is 0 Å². The third-order valence-corrected chi connectivity index (χ3v) is 3.63. The van der Waals surface area contributed by atoms with E-state index in [-0.39, 0.29) is 6.67 Å². The van der Waals surface area contributed by atoms with Gasteiger partial charge in [-0.2, -0.15) is 0 Å². The minimum Gasteiger partial charge on any atom is -0.310 e. The second-order valence-corrected chi connectivity index (χ2v) is 4.95. The molecule has 0 radical (unpaired) electrons. The van der Waals surface area contributed by atoms with Crippen LogP contribution in [0.4, 0.5) is 4.39 Å². The maximum atomic E-state index is 12.0. The van der Waals surface area contributed by atoms with Gasteiger partial charge in [0.05, 0.1) is 6.67 Å². The van der Waals surface area contributed by atoms with Gasteiger partial charge in [0.25, 0.3) is 0 Å². The van der Waals surface area contributed by atoms with Crippen molar-refractivity contribution in [3.8, 4) is 0 Å². The van der Waals surface area contributed by atoms with Crippen LogP contribution in [-0.4, -0.2) is 13.2 Å². The second-order valence-electron chi connectivity index (χ2n) is 4.95. The SMILES string of the molecule is CC(NCCCF)c1ccc2c(c1)CCCC2. The molecule has 0 bridgehead atoms. The molecule has 0 amide bonds. The lowest BCUT2D eigenvalue weighted by Gasteiger charge is -2.20. The van der Waals surface area contributed by atoms with Gasteiger partial charge < -0.3 is 5.32 Å². The van der Waals surface area contributed by atoms with Gasteiger partial charge in [-0.25, -0.2) is 0 Å². The summed E-state index contributed by atoms with van der Waals surface area (Å²) in [5.41, 5.74) is 4.38. The zero-order valence-corrected chi connectivity index (χ0v) is 10.6. The molecule has 0 spiro atoms. The van der Waals surface area contributed by atoms with Gasteiger partial charge in [-0.3, -0.25) is 4.39 Å². The molecule has 1 aromatic rings. The summed E-state index contributed by atoms with van der Waals surface area (Å²) >= 11 is 0. The Morgan fingerprint density at radius 3 is 2.76 bits per heavy atom.